The van der Waals surface area contributed by atoms with Crippen molar-refractivity contribution in [2.45, 2.75) is 0 Å². The Morgan fingerprint density at radius 3 is 1.40 bits per heavy atom. The van der Waals surface area contributed by atoms with Crippen molar-refractivity contribution < 1.29 is 8.42 Å². The molecule has 0 aromatic carbocycles. The minimum atomic E-state index is -2.12. The van der Waals surface area contributed by atoms with Crippen LogP contribution >= 0.6 is 0 Å². The van der Waals surface area contributed by atoms with E-state index in [0.29, 0.717) is 0 Å². The Hall–Kier alpha value is 0.950. The minimum absolute atomic E-state index is 0. The molecule has 0 fully saturated rings. The second-order valence-corrected chi connectivity index (χ2v) is 1.32. The van der Waals surface area contributed by atoms with Crippen molar-refractivity contribution in [2.24, 2.45) is 0 Å². The summed E-state index contributed by atoms with van der Waals surface area (Å²) >= 11 is 0. The monoisotopic (exact) mass is 104 g/mol. The van der Waals surface area contributed by atoms with Gasteiger partial charge in [-0.3, -0.25) is 0 Å². The SMILES string of the molecule is C[SH](=O)=O.[NaH]. The molecule has 0 aliphatic heterocycles. The standard InChI is InChI=1S/CH4O2S.Na.H/c1-4(2)3;;/h4H,1H3;;. The summed E-state index contributed by atoms with van der Waals surface area (Å²) in [5, 5.41) is 0. The van der Waals surface area contributed by atoms with Gasteiger partial charge in [0.25, 0.3) is 0 Å². The molecule has 4 heteroatoms. The summed E-state index contributed by atoms with van der Waals surface area (Å²) < 4.78 is 18.1. The van der Waals surface area contributed by atoms with E-state index in [4.69, 9.17) is 8.42 Å². The Kier molecular flexibility index (Phi) is 9.25. The summed E-state index contributed by atoms with van der Waals surface area (Å²) in [6.07, 6.45) is 1.12. The van der Waals surface area contributed by atoms with Crippen LogP contribution in [0.4, 0.5) is 0 Å². The van der Waals surface area contributed by atoms with E-state index in [9.17, 15) is 0 Å². The van der Waals surface area contributed by atoms with Gasteiger partial charge in [-0.15, -0.1) is 0 Å². The zero-order chi connectivity index (χ0) is 3.58. The molecule has 0 amide bonds. The first kappa shape index (κ1) is 9.34. The summed E-state index contributed by atoms with van der Waals surface area (Å²) in [5.41, 5.74) is 0. The maximum absolute atomic E-state index is 9.04. The van der Waals surface area contributed by atoms with Crippen LogP contribution in [0.15, 0.2) is 0 Å². The fourth-order valence-electron chi connectivity index (χ4n) is 0. The average Bonchev–Trinajstić information content (AvgIpc) is 0.811. The molecule has 0 heterocycles. The van der Waals surface area contributed by atoms with Gasteiger partial charge in [0, 0.05) is 6.26 Å². The van der Waals surface area contributed by atoms with E-state index in [-0.39, 0.29) is 29.6 Å². The maximum atomic E-state index is 9.04. The van der Waals surface area contributed by atoms with E-state index < -0.39 is 10.7 Å². The van der Waals surface area contributed by atoms with E-state index in [0.717, 1.165) is 6.26 Å². The first-order valence-electron chi connectivity index (χ1n) is 0.812. The van der Waals surface area contributed by atoms with Crippen LogP contribution in [-0.4, -0.2) is 44.2 Å². The van der Waals surface area contributed by atoms with Gasteiger partial charge in [-0.2, -0.15) is 0 Å². The molecule has 0 rings (SSSR count). The number of hydrogen-bond acceptors (Lipinski definition) is 2. The molecule has 0 spiro atoms. The van der Waals surface area contributed by atoms with Crippen LogP contribution < -0.4 is 0 Å². The zero-order valence-corrected chi connectivity index (χ0v) is 3.16. The summed E-state index contributed by atoms with van der Waals surface area (Å²) in [5.74, 6) is 0. The van der Waals surface area contributed by atoms with Gasteiger partial charge in [0.1, 0.15) is 10.7 Å². The molecule has 0 atom stereocenters. The van der Waals surface area contributed by atoms with Crippen molar-refractivity contribution in [3.8, 4) is 0 Å². The van der Waals surface area contributed by atoms with Gasteiger partial charge in [0.05, 0.1) is 0 Å². The predicted molar refractivity (Wildman–Crippen MR) is 23.4 cm³/mol. The molecule has 0 aliphatic rings. The second-order valence-electron chi connectivity index (χ2n) is 0.440. The normalized spacial score (nSPS) is 6.80. The molecular formula is CH5NaO2S. The Balaban J connectivity index is 0. The third-order valence-corrected chi connectivity index (χ3v) is 0. The molecule has 0 unspecified atom stereocenters. The number of hydrogen-bond donors (Lipinski definition) is 1. The number of thiol groups is 1. The topological polar surface area (TPSA) is 34.1 Å². The van der Waals surface area contributed by atoms with Crippen LogP contribution in [0.3, 0.4) is 0 Å². The Morgan fingerprint density at radius 2 is 1.40 bits per heavy atom. The van der Waals surface area contributed by atoms with Gasteiger partial charge < -0.3 is 0 Å². The number of rotatable bonds is 0. The molecule has 0 aliphatic carbocycles. The summed E-state index contributed by atoms with van der Waals surface area (Å²) in [7, 11) is -2.12. The molecule has 0 aromatic rings. The van der Waals surface area contributed by atoms with Gasteiger partial charge >= 0.3 is 29.6 Å². The van der Waals surface area contributed by atoms with Gasteiger partial charge in [-0.25, -0.2) is 8.42 Å². The van der Waals surface area contributed by atoms with Crippen LogP contribution in [0.5, 0.6) is 0 Å². The van der Waals surface area contributed by atoms with Crippen LogP contribution in [0.1, 0.15) is 0 Å². The van der Waals surface area contributed by atoms with Gasteiger partial charge in [-0.05, 0) is 0 Å². The molecule has 28 valence electrons. The quantitative estimate of drug-likeness (QED) is 0.302. The van der Waals surface area contributed by atoms with Crippen molar-refractivity contribution in [1.82, 2.24) is 0 Å². The van der Waals surface area contributed by atoms with Crippen LogP contribution in [-0.2, 0) is 10.7 Å². The van der Waals surface area contributed by atoms with Crippen LogP contribution in [0, 0.1) is 0 Å². The molecule has 0 bridgehead atoms. The average molecular weight is 104 g/mol. The molecule has 0 radical (unpaired) electrons. The van der Waals surface area contributed by atoms with Crippen LogP contribution in [0.25, 0.3) is 0 Å². The van der Waals surface area contributed by atoms with Gasteiger partial charge in [0.2, 0.25) is 0 Å². The fraction of sp³-hybridized carbons (Fsp3) is 1.00. The fourth-order valence-corrected chi connectivity index (χ4v) is 0. The van der Waals surface area contributed by atoms with Gasteiger partial charge in [0.15, 0.2) is 0 Å². The molecule has 0 N–H and O–H groups in total. The predicted octanol–water partition coefficient (Wildman–Crippen LogP) is -1.42. The van der Waals surface area contributed by atoms with E-state index in [1.165, 1.54) is 0 Å². The first-order valence-corrected chi connectivity index (χ1v) is 2.44. The second kappa shape index (κ2) is 4.95. The summed E-state index contributed by atoms with van der Waals surface area (Å²) in [6.45, 7) is 0. The molecular weight excluding hydrogens is 99.1 g/mol. The Labute approximate surface area is 54.8 Å². The molecule has 2 nitrogen and oxygen atoms in total. The third-order valence-electron chi connectivity index (χ3n) is 0. The van der Waals surface area contributed by atoms with Crippen molar-refractivity contribution in [1.29, 1.82) is 0 Å². The van der Waals surface area contributed by atoms with Crippen molar-refractivity contribution in [3.05, 3.63) is 0 Å². The van der Waals surface area contributed by atoms with Crippen LogP contribution in [0.2, 0.25) is 0 Å². The summed E-state index contributed by atoms with van der Waals surface area (Å²) in [4.78, 5) is 0. The molecule has 0 saturated carbocycles. The van der Waals surface area contributed by atoms with Crippen molar-refractivity contribution in [2.75, 3.05) is 6.26 Å². The van der Waals surface area contributed by atoms with Gasteiger partial charge in [-0.1, -0.05) is 0 Å². The Bertz CT molecular complexity index is 58.0. The van der Waals surface area contributed by atoms with Crippen molar-refractivity contribution in [3.63, 3.8) is 0 Å². The molecule has 0 aromatic heterocycles. The molecule has 5 heavy (non-hydrogen) atoms. The summed E-state index contributed by atoms with van der Waals surface area (Å²) in [6, 6.07) is 0. The Morgan fingerprint density at radius 1 is 1.40 bits per heavy atom. The van der Waals surface area contributed by atoms with E-state index in [1.54, 1.807) is 0 Å². The van der Waals surface area contributed by atoms with E-state index in [1.807, 2.05) is 0 Å². The van der Waals surface area contributed by atoms with E-state index >= 15 is 0 Å². The first-order chi connectivity index (χ1) is 1.73. The van der Waals surface area contributed by atoms with E-state index in [2.05, 4.69) is 0 Å². The molecule has 0 saturated heterocycles. The third kappa shape index (κ3) is 47.7. The van der Waals surface area contributed by atoms with Crippen molar-refractivity contribution >= 4 is 40.3 Å². The zero-order valence-electron chi connectivity index (χ0n) is 2.26.